The number of nitrogens with zero attached hydrogens (tertiary/aromatic N) is 1. The molecule has 2 rings (SSSR count). The second-order valence-corrected chi connectivity index (χ2v) is 6.76. The van der Waals surface area contributed by atoms with Crippen molar-refractivity contribution in [2.45, 2.75) is 0 Å². The van der Waals surface area contributed by atoms with Crippen molar-refractivity contribution in [3.05, 3.63) is 45.7 Å². The number of hydrogen-bond acceptors (Lipinski definition) is 4. The SMILES string of the molecule is NC(=O)CN(CC(N)=O)C(=O)c1ccc(-c2ccc(Br)cc2)s1. The number of benzene rings is 1. The summed E-state index contributed by atoms with van der Waals surface area (Å²) in [6.07, 6.45) is 0. The number of thiophene rings is 1. The van der Waals surface area contributed by atoms with Crippen molar-refractivity contribution >= 4 is 45.0 Å². The largest absolute Gasteiger partial charge is 0.368 e. The smallest absolute Gasteiger partial charge is 0.264 e. The van der Waals surface area contributed by atoms with E-state index in [-0.39, 0.29) is 13.1 Å². The highest BCUT2D eigenvalue weighted by Gasteiger charge is 2.21. The Kier molecular flexibility index (Phi) is 5.51. The zero-order chi connectivity index (χ0) is 17.0. The molecule has 6 nitrogen and oxygen atoms in total. The number of primary amides is 2. The van der Waals surface area contributed by atoms with Crippen molar-refractivity contribution in [3.63, 3.8) is 0 Å². The maximum Gasteiger partial charge on any atom is 0.264 e. The van der Waals surface area contributed by atoms with Crippen molar-refractivity contribution in [1.82, 2.24) is 4.90 Å². The van der Waals surface area contributed by atoms with Crippen LogP contribution in [0.25, 0.3) is 10.4 Å². The van der Waals surface area contributed by atoms with Crippen molar-refractivity contribution in [2.24, 2.45) is 11.5 Å². The lowest BCUT2D eigenvalue weighted by Crippen LogP contribution is -2.43. The monoisotopic (exact) mass is 395 g/mol. The van der Waals surface area contributed by atoms with Crippen LogP contribution < -0.4 is 11.5 Å². The quantitative estimate of drug-likeness (QED) is 0.774. The third-order valence-electron chi connectivity index (χ3n) is 2.93. The summed E-state index contributed by atoms with van der Waals surface area (Å²) >= 11 is 4.64. The molecule has 0 radical (unpaired) electrons. The first-order valence-electron chi connectivity index (χ1n) is 6.58. The highest BCUT2D eigenvalue weighted by molar-refractivity contribution is 9.10. The molecule has 0 aliphatic heterocycles. The van der Waals surface area contributed by atoms with Gasteiger partial charge in [-0.15, -0.1) is 11.3 Å². The van der Waals surface area contributed by atoms with E-state index in [2.05, 4.69) is 15.9 Å². The van der Waals surface area contributed by atoms with E-state index in [4.69, 9.17) is 11.5 Å². The Hall–Kier alpha value is -2.19. The van der Waals surface area contributed by atoms with Crippen LogP contribution in [0.2, 0.25) is 0 Å². The molecule has 4 N–H and O–H groups in total. The van der Waals surface area contributed by atoms with E-state index in [1.165, 1.54) is 11.3 Å². The minimum absolute atomic E-state index is 0.354. The van der Waals surface area contributed by atoms with E-state index in [1.807, 2.05) is 30.3 Å². The average Bonchev–Trinajstić information content (AvgIpc) is 2.95. The number of carbonyl (C=O) groups excluding carboxylic acids is 3. The minimum Gasteiger partial charge on any atom is -0.368 e. The standard InChI is InChI=1S/C15H14BrN3O3S/c16-10-3-1-9(2-4-10)11-5-6-12(23-11)15(22)19(7-13(17)20)8-14(18)21/h1-6H,7-8H2,(H2,17,20)(H2,18,21). The molecule has 0 fully saturated rings. The molecule has 0 saturated carbocycles. The number of nitrogens with two attached hydrogens (primary N) is 2. The fraction of sp³-hybridized carbons (Fsp3) is 0.133. The number of halogens is 1. The summed E-state index contributed by atoms with van der Waals surface area (Å²) in [4.78, 5) is 36.9. The van der Waals surface area contributed by atoms with Crippen LogP contribution in [-0.4, -0.2) is 35.7 Å². The number of amides is 3. The van der Waals surface area contributed by atoms with Gasteiger partial charge in [0.05, 0.1) is 4.88 Å². The molecule has 3 amide bonds. The van der Waals surface area contributed by atoms with E-state index >= 15 is 0 Å². The maximum absolute atomic E-state index is 12.4. The zero-order valence-electron chi connectivity index (χ0n) is 12.0. The molecule has 0 atom stereocenters. The molecule has 1 aromatic carbocycles. The second kappa shape index (κ2) is 7.38. The van der Waals surface area contributed by atoms with Gasteiger partial charge < -0.3 is 16.4 Å². The van der Waals surface area contributed by atoms with Crippen molar-refractivity contribution in [2.75, 3.05) is 13.1 Å². The van der Waals surface area contributed by atoms with E-state index < -0.39 is 17.7 Å². The summed E-state index contributed by atoms with van der Waals surface area (Å²) in [5, 5.41) is 0. The maximum atomic E-state index is 12.4. The molecule has 1 heterocycles. The Labute approximate surface area is 145 Å². The minimum atomic E-state index is -0.704. The zero-order valence-corrected chi connectivity index (χ0v) is 14.4. The first-order chi connectivity index (χ1) is 10.9. The first-order valence-corrected chi connectivity index (χ1v) is 8.19. The van der Waals surface area contributed by atoms with Crippen LogP contribution in [0, 0.1) is 0 Å². The normalized spacial score (nSPS) is 10.3. The van der Waals surface area contributed by atoms with E-state index in [0.717, 1.165) is 19.8 Å². The van der Waals surface area contributed by atoms with Crippen LogP contribution >= 0.6 is 27.3 Å². The van der Waals surface area contributed by atoms with E-state index in [9.17, 15) is 14.4 Å². The third kappa shape index (κ3) is 4.64. The molecule has 0 spiro atoms. The average molecular weight is 396 g/mol. The Morgan fingerprint density at radius 3 is 2.04 bits per heavy atom. The van der Waals surface area contributed by atoms with Gasteiger partial charge in [-0.1, -0.05) is 28.1 Å². The molecule has 0 aliphatic rings. The molecule has 0 bridgehead atoms. The Bertz CT molecular complexity index is 727. The molecule has 2 aromatic rings. The number of hydrogen-bond donors (Lipinski definition) is 2. The molecule has 8 heteroatoms. The van der Waals surface area contributed by atoms with E-state index in [0.29, 0.717) is 4.88 Å². The summed E-state index contributed by atoms with van der Waals surface area (Å²) in [6, 6.07) is 11.1. The molecular formula is C15H14BrN3O3S. The lowest BCUT2D eigenvalue weighted by atomic mass is 10.2. The second-order valence-electron chi connectivity index (χ2n) is 4.76. The molecule has 23 heavy (non-hydrogen) atoms. The number of rotatable bonds is 6. The van der Waals surface area contributed by atoms with Crippen LogP contribution in [-0.2, 0) is 9.59 Å². The Morgan fingerprint density at radius 2 is 1.52 bits per heavy atom. The summed E-state index contributed by atoms with van der Waals surface area (Å²) in [5.41, 5.74) is 11.2. The van der Waals surface area contributed by atoms with Gasteiger partial charge >= 0.3 is 0 Å². The Morgan fingerprint density at radius 1 is 0.957 bits per heavy atom. The molecule has 0 saturated heterocycles. The van der Waals surface area contributed by atoms with Gasteiger partial charge in [0, 0.05) is 9.35 Å². The highest BCUT2D eigenvalue weighted by atomic mass is 79.9. The first kappa shape index (κ1) is 17.2. The highest BCUT2D eigenvalue weighted by Crippen LogP contribution is 2.29. The lowest BCUT2D eigenvalue weighted by Gasteiger charge is -2.18. The van der Waals surface area contributed by atoms with Gasteiger partial charge in [-0.05, 0) is 29.8 Å². The van der Waals surface area contributed by atoms with Crippen LogP contribution in [0.4, 0.5) is 0 Å². The molecule has 120 valence electrons. The van der Waals surface area contributed by atoms with Crippen molar-refractivity contribution < 1.29 is 14.4 Å². The molecule has 1 aromatic heterocycles. The fourth-order valence-electron chi connectivity index (χ4n) is 1.95. The molecular weight excluding hydrogens is 382 g/mol. The van der Waals surface area contributed by atoms with Gasteiger partial charge in [-0.3, -0.25) is 14.4 Å². The molecule has 0 aliphatic carbocycles. The topological polar surface area (TPSA) is 106 Å². The fourth-order valence-corrected chi connectivity index (χ4v) is 3.20. The summed E-state index contributed by atoms with van der Waals surface area (Å²) in [6.45, 7) is -0.708. The summed E-state index contributed by atoms with van der Waals surface area (Å²) < 4.78 is 0.961. The van der Waals surface area contributed by atoms with Gasteiger partial charge in [0.1, 0.15) is 13.1 Å². The van der Waals surface area contributed by atoms with E-state index in [1.54, 1.807) is 6.07 Å². The van der Waals surface area contributed by atoms with Crippen molar-refractivity contribution in [1.29, 1.82) is 0 Å². The van der Waals surface area contributed by atoms with Gasteiger partial charge in [0.25, 0.3) is 5.91 Å². The van der Waals surface area contributed by atoms with Gasteiger partial charge in [-0.2, -0.15) is 0 Å². The lowest BCUT2D eigenvalue weighted by molar-refractivity contribution is -0.121. The van der Waals surface area contributed by atoms with Gasteiger partial charge in [0.2, 0.25) is 11.8 Å². The molecule has 0 unspecified atom stereocenters. The Balaban J connectivity index is 2.23. The van der Waals surface area contributed by atoms with Crippen LogP contribution in [0.1, 0.15) is 9.67 Å². The predicted octanol–water partition coefficient (Wildman–Crippen LogP) is 1.59. The summed E-state index contributed by atoms with van der Waals surface area (Å²) in [5.74, 6) is -1.86. The van der Waals surface area contributed by atoms with Crippen LogP contribution in [0.5, 0.6) is 0 Å². The van der Waals surface area contributed by atoms with Gasteiger partial charge in [-0.25, -0.2) is 0 Å². The predicted molar refractivity (Wildman–Crippen MR) is 91.7 cm³/mol. The van der Waals surface area contributed by atoms with Crippen molar-refractivity contribution in [3.8, 4) is 10.4 Å². The number of carbonyl (C=O) groups is 3. The third-order valence-corrected chi connectivity index (χ3v) is 4.58. The van der Waals surface area contributed by atoms with Gasteiger partial charge in [0.15, 0.2) is 0 Å². The van der Waals surface area contributed by atoms with Crippen LogP contribution in [0.3, 0.4) is 0 Å². The van der Waals surface area contributed by atoms with Crippen LogP contribution in [0.15, 0.2) is 40.9 Å². The summed E-state index contributed by atoms with van der Waals surface area (Å²) in [7, 11) is 0.